The quantitative estimate of drug-likeness (QED) is 0.358. The topological polar surface area (TPSA) is 114 Å². The predicted octanol–water partition coefficient (Wildman–Crippen LogP) is 1.40. The van der Waals surface area contributed by atoms with E-state index in [0.29, 0.717) is 6.54 Å². The Hall–Kier alpha value is -1.97. The molecule has 19 heavy (non-hydrogen) atoms. The van der Waals surface area contributed by atoms with Gasteiger partial charge in [0.2, 0.25) is 0 Å². The van der Waals surface area contributed by atoms with Gasteiger partial charge in [0.05, 0.1) is 19.2 Å². The number of likely N-dealkylation sites (tertiary alicyclic amines) is 1. The number of nitrogens with one attached hydrogen (secondary N) is 1. The maximum absolute atomic E-state index is 11.7. The number of nitriles is 1. The molecule has 0 aliphatic carbocycles. The Labute approximate surface area is 111 Å². The number of rotatable bonds is 4. The van der Waals surface area contributed by atoms with Gasteiger partial charge in [0.1, 0.15) is 11.1 Å². The SMILES string of the molecule is CC(C)(C)OC(=O)N1CC(C#N)(NCCN=[N+]=[N-])C1. The second-order valence-electron chi connectivity index (χ2n) is 5.41. The summed E-state index contributed by atoms with van der Waals surface area (Å²) in [6.45, 7) is 6.59. The first-order valence-electron chi connectivity index (χ1n) is 5.97. The average Bonchev–Trinajstić information content (AvgIpc) is 2.24. The molecular formula is C11H18N6O2. The summed E-state index contributed by atoms with van der Waals surface area (Å²) in [5, 5.41) is 15.5. The Balaban J connectivity index is 2.42. The normalized spacial score (nSPS) is 16.8. The van der Waals surface area contributed by atoms with Crippen molar-refractivity contribution >= 4 is 6.09 Å². The number of hydrogen-bond donors (Lipinski definition) is 1. The lowest BCUT2D eigenvalue weighted by atomic mass is 9.92. The molecule has 104 valence electrons. The van der Waals surface area contributed by atoms with Gasteiger partial charge in [-0.2, -0.15) is 5.26 Å². The van der Waals surface area contributed by atoms with Gasteiger partial charge in [-0.1, -0.05) is 5.11 Å². The van der Waals surface area contributed by atoms with Crippen molar-refractivity contribution in [3.63, 3.8) is 0 Å². The van der Waals surface area contributed by atoms with Crippen LogP contribution in [0.5, 0.6) is 0 Å². The summed E-state index contributed by atoms with van der Waals surface area (Å²) in [7, 11) is 0. The van der Waals surface area contributed by atoms with Gasteiger partial charge in [-0.15, -0.1) is 0 Å². The van der Waals surface area contributed by atoms with E-state index in [1.54, 1.807) is 20.8 Å². The number of azide groups is 1. The summed E-state index contributed by atoms with van der Waals surface area (Å²) < 4.78 is 5.21. The fraction of sp³-hybridized carbons (Fsp3) is 0.818. The number of ether oxygens (including phenoxy) is 1. The molecule has 0 atom stereocenters. The molecule has 1 saturated heterocycles. The zero-order valence-electron chi connectivity index (χ0n) is 11.4. The van der Waals surface area contributed by atoms with E-state index in [1.165, 1.54) is 4.90 Å². The lowest BCUT2D eigenvalue weighted by Gasteiger charge is -2.45. The molecule has 8 nitrogen and oxygen atoms in total. The molecule has 1 heterocycles. The Kier molecular flexibility index (Phi) is 4.59. The highest BCUT2D eigenvalue weighted by Crippen LogP contribution is 2.22. The van der Waals surface area contributed by atoms with Gasteiger partial charge in [-0.25, -0.2) is 4.79 Å². The first-order chi connectivity index (χ1) is 8.82. The van der Waals surface area contributed by atoms with Gasteiger partial charge in [-0.05, 0) is 26.3 Å². The lowest BCUT2D eigenvalue weighted by Crippen LogP contribution is -2.70. The smallest absolute Gasteiger partial charge is 0.410 e. The molecular weight excluding hydrogens is 248 g/mol. The second-order valence-corrected chi connectivity index (χ2v) is 5.41. The van der Waals surface area contributed by atoms with Crippen LogP contribution in [0.4, 0.5) is 4.79 Å². The standard InChI is InChI=1S/C11H18N6O2/c1-10(2,3)19-9(18)17-7-11(6-12,8-17)14-4-5-15-16-13/h14H,4-5,7-8H2,1-3H3. The number of nitrogens with zero attached hydrogens (tertiary/aromatic N) is 5. The monoisotopic (exact) mass is 266 g/mol. The molecule has 0 aromatic heterocycles. The predicted molar refractivity (Wildman–Crippen MR) is 68.2 cm³/mol. The second kappa shape index (κ2) is 5.78. The minimum Gasteiger partial charge on any atom is -0.444 e. The molecule has 1 fully saturated rings. The summed E-state index contributed by atoms with van der Waals surface area (Å²) in [4.78, 5) is 15.8. The van der Waals surface area contributed by atoms with E-state index in [2.05, 4.69) is 21.4 Å². The number of carbonyl (C=O) groups is 1. The van der Waals surface area contributed by atoms with Gasteiger partial charge in [0.25, 0.3) is 0 Å². The summed E-state index contributed by atoms with van der Waals surface area (Å²) in [6, 6.07) is 2.14. The van der Waals surface area contributed by atoms with Crippen molar-refractivity contribution in [3.05, 3.63) is 10.4 Å². The molecule has 0 bridgehead atoms. The highest BCUT2D eigenvalue weighted by atomic mass is 16.6. The minimum atomic E-state index is -0.762. The van der Waals surface area contributed by atoms with E-state index in [0.717, 1.165) is 0 Å². The number of carbonyl (C=O) groups excluding carboxylic acids is 1. The van der Waals surface area contributed by atoms with Gasteiger partial charge in [-0.3, -0.25) is 5.32 Å². The molecule has 0 spiro atoms. The van der Waals surface area contributed by atoms with Gasteiger partial charge >= 0.3 is 6.09 Å². The summed E-state index contributed by atoms with van der Waals surface area (Å²) in [5.74, 6) is 0. The lowest BCUT2D eigenvalue weighted by molar-refractivity contribution is -0.00467. The molecule has 0 aromatic carbocycles. The van der Waals surface area contributed by atoms with Crippen LogP contribution in [0.2, 0.25) is 0 Å². The minimum absolute atomic E-state index is 0.270. The van der Waals surface area contributed by atoms with E-state index in [9.17, 15) is 4.79 Å². The van der Waals surface area contributed by atoms with Crippen molar-refractivity contribution in [3.8, 4) is 6.07 Å². The Morgan fingerprint density at radius 3 is 2.74 bits per heavy atom. The highest BCUT2D eigenvalue weighted by molar-refractivity contribution is 5.70. The molecule has 1 rings (SSSR count). The van der Waals surface area contributed by atoms with Crippen molar-refractivity contribution < 1.29 is 9.53 Å². The van der Waals surface area contributed by atoms with Gasteiger partial charge < -0.3 is 9.64 Å². The number of hydrogen-bond acceptors (Lipinski definition) is 5. The van der Waals surface area contributed by atoms with Gasteiger partial charge in [0.15, 0.2) is 0 Å². The molecule has 0 saturated carbocycles. The van der Waals surface area contributed by atoms with Crippen molar-refractivity contribution in [2.24, 2.45) is 5.11 Å². The van der Waals surface area contributed by atoms with Crippen LogP contribution in [-0.4, -0.2) is 48.3 Å². The van der Waals surface area contributed by atoms with E-state index in [1.807, 2.05) is 0 Å². The van der Waals surface area contributed by atoms with E-state index < -0.39 is 17.2 Å². The van der Waals surface area contributed by atoms with Crippen LogP contribution in [0.1, 0.15) is 20.8 Å². The molecule has 0 unspecified atom stereocenters. The molecule has 1 amide bonds. The summed E-state index contributed by atoms with van der Waals surface area (Å²) in [6.07, 6.45) is -0.421. The third-order valence-corrected chi connectivity index (χ3v) is 2.53. The molecule has 0 radical (unpaired) electrons. The molecule has 1 N–H and O–H groups in total. The summed E-state index contributed by atoms with van der Waals surface area (Å²) >= 11 is 0. The molecule has 1 aliphatic rings. The van der Waals surface area contributed by atoms with Crippen molar-refractivity contribution in [1.82, 2.24) is 10.2 Å². The molecule has 0 aromatic rings. The van der Waals surface area contributed by atoms with Crippen LogP contribution in [0, 0.1) is 11.3 Å². The third-order valence-electron chi connectivity index (χ3n) is 2.53. The van der Waals surface area contributed by atoms with Crippen molar-refractivity contribution in [2.75, 3.05) is 26.2 Å². The molecule has 1 aliphatic heterocycles. The van der Waals surface area contributed by atoms with E-state index >= 15 is 0 Å². The van der Waals surface area contributed by atoms with Crippen LogP contribution < -0.4 is 5.32 Å². The van der Waals surface area contributed by atoms with E-state index in [-0.39, 0.29) is 19.6 Å². The highest BCUT2D eigenvalue weighted by Gasteiger charge is 2.46. The maximum atomic E-state index is 11.7. The number of amides is 1. The zero-order chi connectivity index (χ0) is 14.5. The maximum Gasteiger partial charge on any atom is 0.410 e. The average molecular weight is 266 g/mol. The van der Waals surface area contributed by atoms with Crippen LogP contribution >= 0.6 is 0 Å². The van der Waals surface area contributed by atoms with E-state index in [4.69, 9.17) is 15.5 Å². The van der Waals surface area contributed by atoms with Crippen molar-refractivity contribution in [2.45, 2.75) is 31.9 Å². The Morgan fingerprint density at radius 2 is 2.26 bits per heavy atom. The van der Waals surface area contributed by atoms with Crippen LogP contribution in [-0.2, 0) is 4.74 Å². The third kappa shape index (κ3) is 4.32. The van der Waals surface area contributed by atoms with Crippen LogP contribution in [0.15, 0.2) is 5.11 Å². The largest absolute Gasteiger partial charge is 0.444 e. The summed E-state index contributed by atoms with van der Waals surface area (Å²) in [5.41, 5.74) is 6.84. The van der Waals surface area contributed by atoms with Gasteiger partial charge in [0, 0.05) is 18.0 Å². The fourth-order valence-electron chi connectivity index (χ4n) is 1.67. The first-order valence-corrected chi connectivity index (χ1v) is 5.97. The zero-order valence-corrected chi connectivity index (χ0v) is 11.4. The first kappa shape index (κ1) is 15.1. The van der Waals surface area contributed by atoms with Crippen molar-refractivity contribution in [1.29, 1.82) is 5.26 Å². The fourth-order valence-corrected chi connectivity index (χ4v) is 1.67. The van der Waals surface area contributed by atoms with Crippen LogP contribution in [0.25, 0.3) is 10.4 Å². The Morgan fingerprint density at radius 1 is 1.63 bits per heavy atom. The van der Waals surface area contributed by atoms with Crippen LogP contribution in [0.3, 0.4) is 0 Å². The Bertz CT molecular complexity index is 423. The molecule has 8 heteroatoms.